The van der Waals surface area contributed by atoms with Crippen LogP contribution in [0.5, 0.6) is 5.75 Å². The molecule has 0 spiro atoms. The SMILES string of the molecule is COc1ccccc1-c1noc(CN[C@H](C)[C@H](C)n2cccn2)n1. The van der Waals surface area contributed by atoms with Gasteiger partial charge in [0.2, 0.25) is 11.7 Å². The summed E-state index contributed by atoms with van der Waals surface area (Å²) in [6.07, 6.45) is 3.73. The number of para-hydroxylation sites is 1. The minimum Gasteiger partial charge on any atom is -0.496 e. The molecule has 3 rings (SSSR count). The van der Waals surface area contributed by atoms with Crippen molar-refractivity contribution in [2.45, 2.75) is 32.5 Å². The second-order valence-corrected chi connectivity index (χ2v) is 5.61. The van der Waals surface area contributed by atoms with Crippen molar-refractivity contribution in [2.24, 2.45) is 0 Å². The van der Waals surface area contributed by atoms with Crippen LogP contribution in [0.3, 0.4) is 0 Å². The normalized spacial score (nSPS) is 13.6. The van der Waals surface area contributed by atoms with Crippen LogP contribution in [0.15, 0.2) is 47.2 Å². The summed E-state index contributed by atoms with van der Waals surface area (Å²) in [6.45, 7) is 4.71. The highest BCUT2D eigenvalue weighted by atomic mass is 16.5. The van der Waals surface area contributed by atoms with Crippen molar-refractivity contribution in [1.29, 1.82) is 0 Å². The molecule has 126 valence electrons. The Morgan fingerprint density at radius 1 is 1.25 bits per heavy atom. The number of nitrogens with one attached hydrogen (secondary N) is 1. The van der Waals surface area contributed by atoms with Crippen LogP contribution in [-0.4, -0.2) is 33.1 Å². The number of aromatic nitrogens is 4. The van der Waals surface area contributed by atoms with Crippen molar-refractivity contribution in [2.75, 3.05) is 7.11 Å². The lowest BCUT2D eigenvalue weighted by molar-refractivity contribution is 0.325. The molecule has 0 unspecified atom stereocenters. The predicted molar refractivity (Wildman–Crippen MR) is 89.5 cm³/mol. The van der Waals surface area contributed by atoms with Crippen molar-refractivity contribution in [3.8, 4) is 17.1 Å². The summed E-state index contributed by atoms with van der Waals surface area (Å²) < 4.78 is 12.6. The Kier molecular flexibility index (Phi) is 4.90. The van der Waals surface area contributed by atoms with E-state index in [9.17, 15) is 0 Å². The van der Waals surface area contributed by atoms with E-state index >= 15 is 0 Å². The molecule has 2 heterocycles. The fourth-order valence-corrected chi connectivity index (χ4v) is 2.43. The number of hydrogen-bond acceptors (Lipinski definition) is 6. The molecule has 7 heteroatoms. The van der Waals surface area contributed by atoms with Gasteiger partial charge in [0.05, 0.1) is 25.3 Å². The summed E-state index contributed by atoms with van der Waals surface area (Å²) in [6, 6.07) is 9.94. The molecule has 1 N–H and O–H groups in total. The third kappa shape index (κ3) is 3.46. The maximum Gasteiger partial charge on any atom is 0.240 e. The van der Waals surface area contributed by atoms with E-state index in [0.717, 1.165) is 11.3 Å². The second-order valence-electron chi connectivity index (χ2n) is 5.61. The molecule has 0 fully saturated rings. The van der Waals surface area contributed by atoms with Gasteiger partial charge in [0.1, 0.15) is 5.75 Å². The maximum absolute atomic E-state index is 5.34. The lowest BCUT2D eigenvalue weighted by Crippen LogP contribution is -2.33. The number of benzene rings is 1. The number of ether oxygens (including phenoxy) is 1. The van der Waals surface area contributed by atoms with E-state index in [0.29, 0.717) is 18.3 Å². The Hall–Kier alpha value is -2.67. The molecule has 3 aromatic rings. The molecule has 0 amide bonds. The molecule has 0 aliphatic rings. The van der Waals surface area contributed by atoms with Crippen LogP contribution in [0.1, 0.15) is 25.8 Å². The van der Waals surface area contributed by atoms with Gasteiger partial charge in [-0.25, -0.2) is 0 Å². The van der Waals surface area contributed by atoms with Crippen LogP contribution in [0.25, 0.3) is 11.4 Å². The van der Waals surface area contributed by atoms with Crippen LogP contribution < -0.4 is 10.1 Å². The Bertz CT molecular complexity index is 769. The summed E-state index contributed by atoms with van der Waals surface area (Å²) in [5, 5.41) is 11.7. The number of nitrogens with zero attached hydrogens (tertiary/aromatic N) is 4. The molecule has 0 bridgehead atoms. The molecule has 0 saturated carbocycles. The van der Waals surface area contributed by atoms with E-state index in [2.05, 4.69) is 34.4 Å². The van der Waals surface area contributed by atoms with E-state index in [4.69, 9.17) is 9.26 Å². The van der Waals surface area contributed by atoms with Crippen LogP contribution in [0.4, 0.5) is 0 Å². The second kappa shape index (κ2) is 7.27. The van der Waals surface area contributed by atoms with E-state index in [1.54, 1.807) is 13.3 Å². The number of rotatable bonds is 7. The van der Waals surface area contributed by atoms with E-state index in [-0.39, 0.29) is 12.1 Å². The van der Waals surface area contributed by atoms with Crippen LogP contribution >= 0.6 is 0 Å². The molecule has 2 aromatic heterocycles. The van der Waals surface area contributed by atoms with Crippen LogP contribution in [0.2, 0.25) is 0 Å². The third-order valence-electron chi connectivity index (χ3n) is 4.06. The van der Waals surface area contributed by atoms with Crippen molar-refractivity contribution in [3.05, 3.63) is 48.6 Å². The largest absolute Gasteiger partial charge is 0.496 e. The highest BCUT2D eigenvalue weighted by Crippen LogP contribution is 2.27. The Morgan fingerprint density at radius 3 is 2.83 bits per heavy atom. The first-order valence-corrected chi connectivity index (χ1v) is 7.87. The molecule has 0 aliphatic carbocycles. The van der Waals surface area contributed by atoms with Gasteiger partial charge in [-0.3, -0.25) is 4.68 Å². The van der Waals surface area contributed by atoms with Gasteiger partial charge in [0.15, 0.2) is 0 Å². The van der Waals surface area contributed by atoms with Crippen molar-refractivity contribution < 1.29 is 9.26 Å². The van der Waals surface area contributed by atoms with Crippen molar-refractivity contribution in [1.82, 2.24) is 25.2 Å². The zero-order valence-corrected chi connectivity index (χ0v) is 14.0. The summed E-state index contributed by atoms with van der Waals surface area (Å²) >= 11 is 0. The molecule has 0 aliphatic heterocycles. The zero-order chi connectivity index (χ0) is 16.9. The molecule has 7 nitrogen and oxygen atoms in total. The molecule has 2 atom stereocenters. The van der Waals surface area contributed by atoms with Crippen molar-refractivity contribution >= 4 is 0 Å². The summed E-state index contributed by atoms with van der Waals surface area (Å²) in [5.41, 5.74) is 0.813. The molecular formula is C17H21N5O2. The van der Waals surface area contributed by atoms with Gasteiger partial charge >= 0.3 is 0 Å². The van der Waals surface area contributed by atoms with E-state index in [1.165, 1.54) is 0 Å². The molecular weight excluding hydrogens is 306 g/mol. The first-order chi connectivity index (χ1) is 11.7. The molecule has 24 heavy (non-hydrogen) atoms. The van der Waals surface area contributed by atoms with Gasteiger partial charge in [0.25, 0.3) is 0 Å². The van der Waals surface area contributed by atoms with Gasteiger partial charge in [0, 0.05) is 18.4 Å². The molecule has 0 radical (unpaired) electrons. The standard InChI is InChI=1S/C17H21N5O2/c1-12(13(2)22-10-6-9-19-22)18-11-16-20-17(21-24-16)14-7-4-5-8-15(14)23-3/h4-10,12-13,18H,11H2,1-3H3/t12-,13+/m1/s1. The zero-order valence-electron chi connectivity index (χ0n) is 14.0. The van der Waals surface area contributed by atoms with Gasteiger partial charge < -0.3 is 14.6 Å². The number of methoxy groups -OCH3 is 1. The Labute approximate surface area is 140 Å². The first kappa shape index (κ1) is 16.2. The quantitative estimate of drug-likeness (QED) is 0.719. The smallest absolute Gasteiger partial charge is 0.240 e. The fourth-order valence-electron chi connectivity index (χ4n) is 2.43. The Morgan fingerprint density at radius 2 is 2.08 bits per heavy atom. The van der Waals surface area contributed by atoms with Crippen molar-refractivity contribution in [3.63, 3.8) is 0 Å². The van der Waals surface area contributed by atoms with Gasteiger partial charge in [-0.2, -0.15) is 10.1 Å². The average molecular weight is 327 g/mol. The summed E-state index contributed by atoms with van der Waals surface area (Å²) in [5.74, 6) is 1.78. The van der Waals surface area contributed by atoms with E-state index in [1.807, 2.05) is 41.2 Å². The molecule has 0 saturated heterocycles. The van der Waals surface area contributed by atoms with Crippen LogP contribution in [0, 0.1) is 0 Å². The fraction of sp³-hybridized carbons (Fsp3) is 0.353. The highest BCUT2D eigenvalue weighted by Gasteiger charge is 2.16. The van der Waals surface area contributed by atoms with Gasteiger partial charge in [-0.05, 0) is 32.0 Å². The Balaban J connectivity index is 1.64. The average Bonchev–Trinajstić information content (AvgIpc) is 3.30. The lowest BCUT2D eigenvalue weighted by atomic mass is 10.2. The lowest BCUT2D eigenvalue weighted by Gasteiger charge is -2.20. The van der Waals surface area contributed by atoms with Gasteiger partial charge in [-0.15, -0.1) is 0 Å². The predicted octanol–water partition coefficient (Wildman–Crippen LogP) is 2.68. The maximum atomic E-state index is 5.34. The first-order valence-electron chi connectivity index (χ1n) is 7.87. The topological polar surface area (TPSA) is 78.0 Å². The highest BCUT2D eigenvalue weighted by molar-refractivity contribution is 5.63. The summed E-state index contributed by atoms with van der Waals surface area (Å²) in [7, 11) is 1.62. The van der Waals surface area contributed by atoms with Crippen LogP contribution in [-0.2, 0) is 6.54 Å². The summed E-state index contributed by atoms with van der Waals surface area (Å²) in [4.78, 5) is 4.44. The van der Waals surface area contributed by atoms with E-state index < -0.39 is 0 Å². The monoisotopic (exact) mass is 327 g/mol. The third-order valence-corrected chi connectivity index (χ3v) is 4.06. The van der Waals surface area contributed by atoms with Gasteiger partial charge in [-0.1, -0.05) is 17.3 Å². The minimum atomic E-state index is 0.200. The minimum absolute atomic E-state index is 0.200. The molecule has 1 aromatic carbocycles. The number of hydrogen-bond donors (Lipinski definition) is 1.